The molecule has 109 valence electrons. The quantitative estimate of drug-likeness (QED) is 0.547. The zero-order valence-corrected chi connectivity index (χ0v) is 16.7. The molecule has 0 heterocycles. The summed E-state index contributed by atoms with van der Waals surface area (Å²) in [6, 6.07) is 18.5. The molecule has 0 aliphatic carbocycles. The summed E-state index contributed by atoms with van der Waals surface area (Å²) in [5, 5.41) is 17.2. The van der Waals surface area contributed by atoms with E-state index in [0.717, 1.165) is 0 Å². The molecule has 20 heavy (non-hydrogen) atoms. The van der Waals surface area contributed by atoms with Crippen molar-refractivity contribution in [2.75, 3.05) is 0 Å². The smallest absolute Gasteiger partial charge is 0.533 e. The fraction of sp³-hybridized carbons (Fsp3) is 0.250. The molecule has 0 atom stereocenters. The van der Waals surface area contributed by atoms with Crippen LogP contribution in [-0.2, 0) is 39.6 Å². The van der Waals surface area contributed by atoms with Gasteiger partial charge in [0, 0.05) is 30.1 Å². The van der Waals surface area contributed by atoms with Crippen molar-refractivity contribution < 1.29 is 49.8 Å². The van der Waals surface area contributed by atoms with E-state index in [9.17, 15) is 0 Å². The Bertz CT molecular complexity index is 318. The van der Waals surface area contributed by atoms with Gasteiger partial charge in [-0.05, 0) is 0 Å². The third-order valence-corrected chi connectivity index (χ3v) is 1.40. The van der Waals surface area contributed by atoms with Crippen LogP contribution in [0.3, 0.4) is 0 Å². The number of phenols is 2. The van der Waals surface area contributed by atoms with Crippen molar-refractivity contribution in [3.8, 4) is 11.5 Å². The first-order valence-electron chi connectivity index (χ1n) is 6.09. The van der Waals surface area contributed by atoms with Crippen molar-refractivity contribution in [3.63, 3.8) is 0 Å². The van der Waals surface area contributed by atoms with Gasteiger partial charge in [0.05, 0.1) is 0 Å². The summed E-state index contributed by atoms with van der Waals surface area (Å²) in [4.78, 5) is 0. The molecule has 0 aromatic heterocycles. The predicted octanol–water partition coefficient (Wildman–Crippen LogP) is 4.43. The zero-order valence-electron chi connectivity index (χ0n) is 12.4. The van der Waals surface area contributed by atoms with Gasteiger partial charge in [-0.1, -0.05) is 27.7 Å². The molecule has 1 radical (unpaired) electrons. The van der Waals surface area contributed by atoms with Gasteiger partial charge in [0.25, 0.3) is 0 Å². The molecule has 2 aromatic carbocycles. The van der Waals surface area contributed by atoms with Crippen LogP contribution in [0.5, 0.6) is 11.5 Å². The Balaban J connectivity index is -0.0000000950. The SMILES string of the molecule is CC.CC.Oc1cc[c-]cc1.Oc1cc[c-]cc1.[V].[W+2]. The second-order valence-corrected chi connectivity index (χ2v) is 2.52. The fourth-order valence-corrected chi connectivity index (χ4v) is 0.756. The van der Waals surface area contributed by atoms with Crippen molar-refractivity contribution in [1.82, 2.24) is 0 Å². The van der Waals surface area contributed by atoms with E-state index in [0.29, 0.717) is 11.5 Å². The van der Waals surface area contributed by atoms with E-state index in [1.807, 2.05) is 27.7 Å². The molecule has 0 bridgehead atoms. The molecular weight excluding hydrogens is 459 g/mol. The number of hydrogen-bond donors (Lipinski definition) is 2. The van der Waals surface area contributed by atoms with E-state index in [-0.39, 0.29) is 39.6 Å². The summed E-state index contributed by atoms with van der Waals surface area (Å²) in [5.41, 5.74) is 0. The van der Waals surface area contributed by atoms with Gasteiger partial charge in [0.1, 0.15) is 0 Å². The standard InChI is InChI=1S/2C6H5O.2C2H6.V.W/c2*7-6-4-2-1-3-5-6;2*1-2;;/h2*2-5,7H;2*1-2H3;;/q2*-1;;;;+2. The van der Waals surface area contributed by atoms with Gasteiger partial charge in [-0.15, -0.1) is 24.3 Å². The number of hydrogen-bond acceptors (Lipinski definition) is 2. The molecule has 0 aliphatic heterocycles. The van der Waals surface area contributed by atoms with Gasteiger partial charge in [0.15, 0.2) is 0 Å². The van der Waals surface area contributed by atoms with E-state index in [4.69, 9.17) is 10.2 Å². The third kappa shape index (κ3) is 19.6. The molecule has 0 aliphatic rings. The third-order valence-electron chi connectivity index (χ3n) is 1.40. The van der Waals surface area contributed by atoms with Crippen molar-refractivity contribution >= 4 is 0 Å². The maximum Gasteiger partial charge on any atom is 2.00 e. The van der Waals surface area contributed by atoms with Crippen molar-refractivity contribution in [2.45, 2.75) is 27.7 Å². The monoisotopic (exact) mass is 481 g/mol. The fourth-order valence-electron chi connectivity index (χ4n) is 0.756. The van der Waals surface area contributed by atoms with E-state index in [1.54, 1.807) is 48.5 Å². The Morgan fingerprint density at radius 2 is 0.850 bits per heavy atom. The van der Waals surface area contributed by atoms with Crippen LogP contribution >= 0.6 is 0 Å². The normalized spacial score (nSPS) is 6.60. The van der Waals surface area contributed by atoms with E-state index < -0.39 is 0 Å². The second kappa shape index (κ2) is 23.4. The summed E-state index contributed by atoms with van der Waals surface area (Å²) in [6.07, 6.45) is 0. The molecule has 2 rings (SSSR count). The molecule has 2 aromatic rings. The number of rotatable bonds is 0. The van der Waals surface area contributed by atoms with Crippen LogP contribution in [0.2, 0.25) is 0 Å². The van der Waals surface area contributed by atoms with Gasteiger partial charge < -0.3 is 10.2 Å². The average molecular weight is 481 g/mol. The molecule has 0 amide bonds. The first kappa shape index (κ1) is 27.6. The average Bonchev–Trinajstić information content (AvgIpc) is 2.46. The first-order valence-corrected chi connectivity index (χ1v) is 6.09. The molecule has 2 nitrogen and oxygen atoms in total. The minimum Gasteiger partial charge on any atom is -0.533 e. The summed E-state index contributed by atoms with van der Waals surface area (Å²) < 4.78 is 0. The Labute approximate surface area is 149 Å². The summed E-state index contributed by atoms with van der Waals surface area (Å²) in [6.45, 7) is 8.00. The van der Waals surface area contributed by atoms with Crippen LogP contribution in [0.4, 0.5) is 0 Å². The minimum atomic E-state index is 0. The van der Waals surface area contributed by atoms with E-state index >= 15 is 0 Å². The summed E-state index contributed by atoms with van der Waals surface area (Å²) >= 11 is 0. The van der Waals surface area contributed by atoms with Crippen LogP contribution in [0.15, 0.2) is 48.5 Å². The Morgan fingerprint density at radius 1 is 0.650 bits per heavy atom. The zero-order chi connectivity index (χ0) is 14.2. The summed E-state index contributed by atoms with van der Waals surface area (Å²) in [5.74, 6) is 0.581. The number of phenolic OH excluding ortho intramolecular Hbond substituents is 2. The molecule has 4 heteroatoms. The Hall–Kier alpha value is -0.687. The Morgan fingerprint density at radius 3 is 0.950 bits per heavy atom. The van der Waals surface area contributed by atoms with Crippen LogP contribution in [0.1, 0.15) is 27.7 Å². The number of benzene rings is 2. The summed E-state index contributed by atoms with van der Waals surface area (Å²) in [7, 11) is 0. The van der Waals surface area contributed by atoms with Crippen LogP contribution in [-0.4, -0.2) is 10.2 Å². The first-order chi connectivity index (χ1) is 8.79. The molecule has 0 spiro atoms. The van der Waals surface area contributed by atoms with Crippen molar-refractivity contribution in [1.29, 1.82) is 0 Å². The molecule has 0 fully saturated rings. The van der Waals surface area contributed by atoms with Crippen molar-refractivity contribution in [2.24, 2.45) is 0 Å². The van der Waals surface area contributed by atoms with Crippen molar-refractivity contribution in [3.05, 3.63) is 60.7 Å². The molecular formula is C16H22O2VW. The van der Waals surface area contributed by atoms with Gasteiger partial charge in [-0.25, -0.2) is 0 Å². The molecule has 0 unspecified atom stereocenters. The van der Waals surface area contributed by atoms with Gasteiger partial charge in [0.2, 0.25) is 0 Å². The predicted molar refractivity (Wildman–Crippen MR) is 76.6 cm³/mol. The largest absolute Gasteiger partial charge is 2.00 e. The van der Waals surface area contributed by atoms with Crippen LogP contribution in [0, 0.1) is 12.1 Å². The molecule has 2 N–H and O–H groups in total. The van der Waals surface area contributed by atoms with E-state index in [1.165, 1.54) is 0 Å². The molecule has 0 saturated carbocycles. The topological polar surface area (TPSA) is 40.5 Å². The van der Waals surface area contributed by atoms with Gasteiger partial charge in [-0.2, -0.15) is 36.4 Å². The maximum absolute atomic E-state index is 8.61. The van der Waals surface area contributed by atoms with Crippen LogP contribution in [0.25, 0.3) is 0 Å². The maximum atomic E-state index is 8.61. The van der Waals surface area contributed by atoms with E-state index in [2.05, 4.69) is 12.1 Å². The van der Waals surface area contributed by atoms with Gasteiger partial charge >= 0.3 is 21.1 Å². The second-order valence-electron chi connectivity index (χ2n) is 2.52. The molecule has 0 saturated heterocycles. The Kier molecular flexibility index (Phi) is 32.3. The van der Waals surface area contributed by atoms with Crippen LogP contribution < -0.4 is 0 Å². The number of aromatic hydroxyl groups is 2. The minimum absolute atomic E-state index is 0. The van der Waals surface area contributed by atoms with Gasteiger partial charge in [-0.3, -0.25) is 0 Å².